The number of aromatic amines is 1. The fraction of sp³-hybridized carbons (Fsp3) is 0.308. The maximum atomic E-state index is 5.60. The number of aromatic nitrogens is 3. The maximum Gasteiger partial charge on any atom is 0.216 e. The molecule has 0 fully saturated rings. The Kier molecular flexibility index (Phi) is 4.89. The van der Waals surface area contributed by atoms with Gasteiger partial charge in [0.05, 0.1) is 19.9 Å². The second-order valence-electron chi connectivity index (χ2n) is 4.01. The predicted octanol–water partition coefficient (Wildman–Crippen LogP) is 2.62. The summed E-state index contributed by atoms with van der Waals surface area (Å²) < 4.78 is 12.8. The van der Waals surface area contributed by atoms with E-state index in [2.05, 4.69) is 22.2 Å². The van der Waals surface area contributed by atoms with E-state index in [0.717, 1.165) is 17.7 Å². The average Bonchev–Trinajstić information content (AvgIpc) is 2.88. The molecular weight excluding hydrogens is 276 g/mol. The summed E-state index contributed by atoms with van der Waals surface area (Å²) in [5.74, 6) is 1.41. The lowest BCUT2D eigenvalue weighted by Crippen LogP contribution is -1.98. The van der Waals surface area contributed by atoms with Crippen LogP contribution in [0.4, 0.5) is 0 Å². The highest BCUT2D eigenvalue weighted by atomic mass is 32.1. The third-order valence-electron chi connectivity index (χ3n) is 2.52. The SMILES string of the molecule is CCCOc1ccc(C=Nn2cn[nH]c2=S)cc1OC. The minimum absolute atomic E-state index is 0.441. The van der Waals surface area contributed by atoms with Crippen molar-refractivity contribution in [2.24, 2.45) is 5.10 Å². The van der Waals surface area contributed by atoms with Gasteiger partial charge in [0.25, 0.3) is 0 Å². The molecule has 0 aliphatic rings. The van der Waals surface area contributed by atoms with E-state index in [1.807, 2.05) is 18.2 Å². The van der Waals surface area contributed by atoms with Gasteiger partial charge in [0, 0.05) is 0 Å². The molecule has 1 aromatic heterocycles. The first kappa shape index (κ1) is 14.3. The molecule has 1 N–H and O–H groups in total. The van der Waals surface area contributed by atoms with Gasteiger partial charge in [-0.15, -0.1) is 0 Å². The highest BCUT2D eigenvalue weighted by Crippen LogP contribution is 2.27. The quantitative estimate of drug-likeness (QED) is 0.656. The van der Waals surface area contributed by atoms with Crippen LogP contribution in [0, 0.1) is 4.77 Å². The van der Waals surface area contributed by atoms with Gasteiger partial charge in [0.15, 0.2) is 11.5 Å². The van der Waals surface area contributed by atoms with E-state index in [0.29, 0.717) is 17.1 Å². The lowest BCUT2D eigenvalue weighted by Gasteiger charge is -2.10. The van der Waals surface area contributed by atoms with Crippen LogP contribution in [-0.4, -0.2) is 34.8 Å². The van der Waals surface area contributed by atoms with E-state index in [-0.39, 0.29) is 0 Å². The largest absolute Gasteiger partial charge is 0.493 e. The molecule has 6 nitrogen and oxygen atoms in total. The van der Waals surface area contributed by atoms with Crippen molar-refractivity contribution in [3.05, 3.63) is 34.9 Å². The third-order valence-corrected chi connectivity index (χ3v) is 2.79. The molecule has 1 aromatic carbocycles. The Morgan fingerprint density at radius 2 is 2.30 bits per heavy atom. The molecule has 0 aliphatic carbocycles. The molecule has 0 saturated heterocycles. The summed E-state index contributed by atoms with van der Waals surface area (Å²) in [6, 6.07) is 5.63. The van der Waals surface area contributed by atoms with Crippen molar-refractivity contribution in [1.82, 2.24) is 14.9 Å². The van der Waals surface area contributed by atoms with Gasteiger partial charge in [-0.2, -0.15) is 14.9 Å². The maximum absolute atomic E-state index is 5.60. The Bertz CT molecular complexity index is 648. The Morgan fingerprint density at radius 3 is 2.95 bits per heavy atom. The number of H-pyrrole nitrogens is 1. The van der Waals surface area contributed by atoms with Crippen LogP contribution in [0.3, 0.4) is 0 Å². The minimum atomic E-state index is 0.441. The Labute approximate surface area is 122 Å². The zero-order valence-corrected chi connectivity index (χ0v) is 12.2. The van der Waals surface area contributed by atoms with Crippen molar-refractivity contribution in [3.63, 3.8) is 0 Å². The first-order valence-electron chi connectivity index (χ1n) is 6.21. The molecule has 0 amide bonds. The van der Waals surface area contributed by atoms with Crippen LogP contribution < -0.4 is 9.47 Å². The second-order valence-corrected chi connectivity index (χ2v) is 4.40. The number of methoxy groups -OCH3 is 1. The third kappa shape index (κ3) is 3.45. The molecule has 20 heavy (non-hydrogen) atoms. The van der Waals surface area contributed by atoms with Crippen molar-refractivity contribution in [3.8, 4) is 11.5 Å². The number of nitrogens with zero attached hydrogens (tertiary/aromatic N) is 3. The first-order chi connectivity index (χ1) is 9.74. The van der Waals surface area contributed by atoms with Crippen LogP contribution >= 0.6 is 12.2 Å². The van der Waals surface area contributed by atoms with Crippen molar-refractivity contribution < 1.29 is 9.47 Å². The molecule has 2 aromatic rings. The number of benzene rings is 1. The molecule has 106 valence electrons. The highest BCUT2D eigenvalue weighted by Gasteiger charge is 2.04. The molecule has 1 heterocycles. The van der Waals surface area contributed by atoms with Crippen molar-refractivity contribution in [2.75, 3.05) is 13.7 Å². The van der Waals surface area contributed by atoms with Crippen LogP contribution in [0.5, 0.6) is 11.5 Å². The lowest BCUT2D eigenvalue weighted by molar-refractivity contribution is 0.294. The molecule has 7 heteroatoms. The number of hydrogen-bond acceptors (Lipinski definition) is 5. The summed E-state index contributed by atoms with van der Waals surface area (Å²) in [7, 11) is 1.61. The molecule has 0 radical (unpaired) electrons. The van der Waals surface area contributed by atoms with E-state index >= 15 is 0 Å². The summed E-state index contributed by atoms with van der Waals surface area (Å²) >= 11 is 5.00. The van der Waals surface area contributed by atoms with Crippen LogP contribution in [0.1, 0.15) is 18.9 Å². The van der Waals surface area contributed by atoms with Crippen LogP contribution in [0.25, 0.3) is 0 Å². The molecule has 0 bridgehead atoms. The lowest BCUT2D eigenvalue weighted by atomic mass is 10.2. The number of nitrogens with one attached hydrogen (secondary N) is 1. The van der Waals surface area contributed by atoms with Crippen LogP contribution in [0.15, 0.2) is 29.6 Å². The van der Waals surface area contributed by atoms with Crippen molar-refractivity contribution >= 4 is 18.4 Å². The standard InChI is InChI=1S/C13H16N4O2S/c1-3-6-19-11-5-4-10(7-12(11)18-2)8-15-17-9-14-16-13(17)20/h4-5,7-9H,3,6H2,1-2H3,(H,16,20). The second kappa shape index (κ2) is 6.85. The first-order valence-corrected chi connectivity index (χ1v) is 6.62. The molecule has 0 unspecified atom stereocenters. The van der Waals surface area contributed by atoms with Crippen molar-refractivity contribution in [2.45, 2.75) is 13.3 Å². The minimum Gasteiger partial charge on any atom is -0.493 e. The Balaban J connectivity index is 2.19. The Morgan fingerprint density at radius 1 is 1.45 bits per heavy atom. The zero-order valence-electron chi connectivity index (χ0n) is 11.4. The fourth-order valence-electron chi connectivity index (χ4n) is 1.55. The van der Waals surface area contributed by atoms with E-state index in [1.54, 1.807) is 13.3 Å². The van der Waals surface area contributed by atoms with Gasteiger partial charge < -0.3 is 9.47 Å². The Hall–Kier alpha value is -2.15. The highest BCUT2D eigenvalue weighted by molar-refractivity contribution is 7.71. The molecule has 0 atom stereocenters. The van der Waals surface area contributed by atoms with E-state index in [1.165, 1.54) is 11.0 Å². The van der Waals surface area contributed by atoms with Gasteiger partial charge in [-0.1, -0.05) is 6.92 Å². The van der Waals surface area contributed by atoms with E-state index in [4.69, 9.17) is 21.7 Å². The molecular formula is C13H16N4O2S. The number of ether oxygens (including phenoxy) is 2. The normalized spacial score (nSPS) is 10.9. The van der Waals surface area contributed by atoms with E-state index < -0.39 is 0 Å². The van der Waals surface area contributed by atoms with Gasteiger partial charge in [-0.05, 0) is 42.4 Å². The summed E-state index contributed by atoms with van der Waals surface area (Å²) in [6.07, 6.45) is 4.14. The smallest absolute Gasteiger partial charge is 0.216 e. The van der Waals surface area contributed by atoms with E-state index in [9.17, 15) is 0 Å². The van der Waals surface area contributed by atoms with Crippen LogP contribution in [-0.2, 0) is 0 Å². The van der Waals surface area contributed by atoms with Crippen LogP contribution in [0.2, 0.25) is 0 Å². The molecule has 2 rings (SSSR count). The predicted molar refractivity (Wildman–Crippen MR) is 79.2 cm³/mol. The van der Waals surface area contributed by atoms with Gasteiger partial charge >= 0.3 is 0 Å². The van der Waals surface area contributed by atoms with Gasteiger partial charge in [0.1, 0.15) is 6.33 Å². The van der Waals surface area contributed by atoms with Crippen molar-refractivity contribution in [1.29, 1.82) is 0 Å². The average molecular weight is 292 g/mol. The monoisotopic (exact) mass is 292 g/mol. The topological polar surface area (TPSA) is 64.4 Å². The van der Waals surface area contributed by atoms with Gasteiger partial charge in [-0.3, -0.25) is 5.10 Å². The summed E-state index contributed by atoms with van der Waals surface area (Å²) in [4.78, 5) is 0. The molecule has 0 aliphatic heterocycles. The number of rotatable bonds is 6. The number of hydrogen-bond donors (Lipinski definition) is 1. The summed E-state index contributed by atoms with van der Waals surface area (Å²) in [6.45, 7) is 2.72. The zero-order chi connectivity index (χ0) is 14.4. The molecule has 0 spiro atoms. The summed E-state index contributed by atoms with van der Waals surface area (Å²) in [5.41, 5.74) is 0.883. The molecule has 0 saturated carbocycles. The van der Waals surface area contributed by atoms with Gasteiger partial charge in [-0.25, -0.2) is 0 Å². The fourth-order valence-corrected chi connectivity index (χ4v) is 1.70. The summed E-state index contributed by atoms with van der Waals surface area (Å²) in [5, 5.41) is 10.6. The van der Waals surface area contributed by atoms with Gasteiger partial charge in [0.2, 0.25) is 4.77 Å².